The van der Waals surface area contributed by atoms with E-state index < -0.39 is 0 Å². The number of amides is 1. The molecular weight excluding hydrogens is 392 g/mol. The molecule has 4 rings (SSSR count). The van der Waals surface area contributed by atoms with Crippen LogP contribution in [0.15, 0.2) is 47.6 Å². The molecule has 0 atom stereocenters. The van der Waals surface area contributed by atoms with Gasteiger partial charge in [-0.3, -0.25) is 4.79 Å². The van der Waals surface area contributed by atoms with E-state index in [9.17, 15) is 9.90 Å². The van der Waals surface area contributed by atoms with Gasteiger partial charge >= 0.3 is 0 Å². The zero-order chi connectivity index (χ0) is 20.4. The molecule has 0 bridgehead atoms. The molecule has 1 amide bonds. The van der Waals surface area contributed by atoms with Gasteiger partial charge in [-0.05, 0) is 49.1 Å². The van der Waals surface area contributed by atoms with Crippen LogP contribution in [0.1, 0.15) is 33.7 Å². The Morgan fingerprint density at radius 1 is 1.31 bits per heavy atom. The third kappa shape index (κ3) is 3.69. The Labute approximate surface area is 172 Å². The first-order valence-electron chi connectivity index (χ1n) is 9.14. The number of para-hydroxylation sites is 1. The average Bonchev–Trinajstić information content (AvgIpc) is 3.33. The SMILES string of the molecule is COc1cc(/C=N/NC(=O)c2nn(-c3ccccc3)c3c2CCC3)cc(Cl)c1O. The zero-order valence-corrected chi connectivity index (χ0v) is 16.5. The van der Waals surface area contributed by atoms with Crippen molar-refractivity contribution in [3.8, 4) is 17.2 Å². The van der Waals surface area contributed by atoms with Crippen LogP contribution in [0.2, 0.25) is 5.02 Å². The fraction of sp³-hybridized carbons (Fsp3) is 0.190. The number of aromatic hydroxyl groups is 1. The Hall–Kier alpha value is -3.32. The lowest BCUT2D eigenvalue weighted by molar-refractivity contribution is 0.0949. The van der Waals surface area contributed by atoms with Gasteiger partial charge in [0.15, 0.2) is 17.2 Å². The van der Waals surface area contributed by atoms with Crippen LogP contribution in [0, 0.1) is 0 Å². The van der Waals surface area contributed by atoms with E-state index in [0.29, 0.717) is 11.3 Å². The minimum atomic E-state index is -0.370. The lowest BCUT2D eigenvalue weighted by Gasteiger charge is -2.06. The Balaban J connectivity index is 1.56. The Morgan fingerprint density at radius 3 is 2.86 bits per heavy atom. The second kappa shape index (κ2) is 7.97. The topological polar surface area (TPSA) is 88.7 Å². The van der Waals surface area contributed by atoms with E-state index in [4.69, 9.17) is 16.3 Å². The molecule has 2 N–H and O–H groups in total. The van der Waals surface area contributed by atoms with Gasteiger partial charge in [0.2, 0.25) is 0 Å². The van der Waals surface area contributed by atoms with E-state index in [1.54, 1.807) is 6.07 Å². The maximum Gasteiger partial charge on any atom is 0.292 e. The van der Waals surface area contributed by atoms with Crippen molar-refractivity contribution in [1.82, 2.24) is 15.2 Å². The number of hydrazone groups is 1. The Kier molecular flexibility index (Phi) is 5.22. The standard InChI is InChI=1S/C21H19ClN4O3/c1-29-18-11-13(10-16(22)20(18)27)12-23-24-21(28)19-15-8-5-9-17(15)26(25-19)14-6-3-2-4-7-14/h2-4,6-7,10-12,27H,5,8-9H2,1H3,(H,24,28)/b23-12+. The number of benzene rings is 2. The molecule has 7 nitrogen and oxygen atoms in total. The number of nitrogens with zero attached hydrogens (tertiary/aromatic N) is 3. The number of ether oxygens (including phenoxy) is 1. The van der Waals surface area contributed by atoms with Gasteiger partial charge in [-0.2, -0.15) is 10.2 Å². The van der Waals surface area contributed by atoms with Gasteiger partial charge in [0.1, 0.15) is 0 Å². The number of halogens is 1. The molecule has 3 aromatic rings. The lowest BCUT2D eigenvalue weighted by Crippen LogP contribution is -2.20. The van der Waals surface area contributed by atoms with Crippen LogP contribution in [0.25, 0.3) is 5.69 Å². The summed E-state index contributed by atoms with van der Waals surface area (Å²) in [6.45, 7) is 0. The van der Waals surface area contributed by atoms with Crippen molar-refractivity contribution in [2.24, 2.45) is 5.10 Å². The Morgan fingerprint density at radius 2 is 2.10 bits per heavy atom. The first-order chi connectivity index (χ1) is 14.1. The second-order valence-electron chi connectivity index (χ2n) is 6.63. The van der Waals surface area contributed by atoms with Crippen molar-refractivity contribution in [3.05, 3.63) is 70.0 Å². The van der Waals surface area contributed by atoms with Crippen LogP contribution in [-0.2, 0) is 12.8 Å². The summed E-state index contributed by atoms with van der Waals surface area (Å²) in [7, 11) is 1.43. The molecule has 1 aliphatic rings. The Bertz CT molecular complexity index is 1090. The number of aromatic nitrogens is 2. The summed E-state index contributed by atoms with van der Waals surface area (Å²) in [6.07, 6.45) is 4.13. The smallest absolute Gasteiger partial charge is 0.292 e. The van der Waals surface area contributed by atoms with Gasteiger partial charge in [-0.1, -0.05) is 29.8 Å². The van der Waals surface area contributed by atoms with Gasteiger partial charge in [-0.15, -0.1) is 0 Å². The molecule has 1 aliphatic carbocycles. The fourth-order valence-corrected chi connectivity index (χ4v) is 3.66. The fourth-order valence-electron chi connectivity index (χ4n) is 3.44. The van der Waals surface area contributed by atoms with E-state index in [1.807, 2.05) is 35.0 Å². The maximum atomic E-state index is 12.7. The molecule has 148 valence electrons. The minimum Gasteiger partial charge on any atom is -0.503 e. The number of hydrogen-bond donors (Lipinski definition) is 2. The molecule has 0 radical (unpaired) electrons. The molecule has 0 saturated heterocycles. The molecular formula is C21H19ClN4O3. The molecule has 29 heavy (non-hydrogen) atoms. The number of carbonyl (C=O) groups excluding carboxylic acids is 1. The van der Waals surface area contributed by atoms with Gasteiger partial charge in [0.25, 0.3) is 5.91 Å². The van der Waals surface area contributed by atoms with Crippen LogP contribution in [0.4, 0.5) is 0 Å². The highest BCUT2D eigenvalue weighted by atomic mass is 35.5. The van der Waals surface area contributed by atoms with Crippen molar-refractivity contribution in [1.29, 1.82) is 0 Å². The second-order valence-corrected chi connectivity index (χ2v) is 7.03. The molecule has 0 saturated carbocycles. The number of fused-ring (bicyclic) bond motifs is 1. The molecule has 1 heterocycles. The quantitative estimate of drug-likeness (QED) is 0.497. The lowest BCUT2D eigenvalue weighted by atomic mass is 10.2. The highest BCUT2D eigenvalue weighted by Gasteiger charge is 2.26. The highest BCUT2D eigenvalue weighted by molar-refractivity contribution is 6.32. The predicted octanol–water partition coefficient (Wildman–Crippen LogP) is 3.49. The summed E-state index contributed by atoms with van der Waals surface area (Å²) >= 11 is 5.97. The van der Waals surface area contributed by atoms with Crippen LogP contribution in [-0.4, -0.2) is 34.1 Å². The molecule has 0 spiro atoms. The first kappa shape index (κ1) is 19.0. The van der Waals surface area contributed by atoms with E-state index >= 15 is 0 Å². The zero-order valence-electron chi connectivity index (χ0n) is 15.7. The average molecular weight is 411 g/mol. The number of methoxy groups -OCH3 is 1. The summed E-state index contributed by atoms with van der Waals surface area (Å²) < 4.78 is 6.90. The van der Waals surface area contributed by atoms with Crippen molar-refractivity contribution in [3.63, 3.8) is 0 Å². The van der Waals surface area contributed by atoms with E-state index in [2.05, 4.69) is 15.6 Å². The van der Waals surface area contributed by atoms with Crippen molar-refractivity contribution >= 4 is 23.7 Å². The summed E-state index contributed by atoms with van der Waals surface area (Å²) in [5, 5.41) is 18.5. The number of carbonyl (C=O) groups is 1. The van der Waals surface area contributed by atoms with Gasteiger partial charge in [0, 0.05) is 11.3 Å². The predicted molar refractivity (Wildman–Crippen MR) is 110 cm³/mol. The summed E-state index contributed by atoms with van der Waals surface area (Å²) in [4.78, 5) is 12.7. The van der Waals surface area contributed by atoms with E-state index in [0.717, 1.165) is 36.2 Å². The third-order valence-corrected chi connectivity index (χ3v) is 5.08. The summed E-state index contributed by atoms with van der Waals surface area (Å²) in [6, 6.07) is 12.9. The number of phenolic OH excluding ortho intramolecular Hbond substituents is 1. The van der Waals surface area contributed by atoms with Gasteiger partial charge in [0.05, 0.1) is 24.0 Å². The molecule has 0 unspecified atom stereocenters. The van der Waals surface area contributed by atoms with Crippen molar-refractivity contribution in [2.45, 2.75) is 19.3 Å². The summed E-state index contributed by atoms with van der Waals surface area (Å²) in [5.41, 5.74) is 6.45. The molecule has 8 heteroatoms. The number of phenols is 1. The molecule has 1 aromatic heterocycles. The van der Waals surface area contributed by atoms with Crippen molar-refractivity contribution in [2.75, 3.05) is 7.11 Å². The van der Waals surface area contributed by atoms with E-state index in [-0.39, 0.29) is 22.4 Å². The number of rotatable bonds is 5. The van der Waals surface area contributed by atoms with Crippen LogP contribution in [0.5, 0.6) is 11.5 Å². The van der Waals surface area contributed by atoms with Crippen LogP contribution in [0.3, 0.4) is 0 Å². The van der Waals surface area contributed by atoms with Gasteiger partial charge in [-0.25, -0.2) is 10.1 Å². The van der Waals surface area contributed by atoms with Crippen LogP contribution >= 0.6 is 11.6 Å². The third-order valence-electron chi connectivity index (χ3n) is 4.80. The largest absolute Gasteiger partial charge is 0.503 e. The summed E-state index contributed by atoms with van der Waals surface area (Å²) in [5.74, 6) is -0.284. The number of hydrogen-bond acceptors (Lipinski definition) is 5. The van der Waals surface area contributed by atoms with E-state index in [1.165, 1.54) is 19.4 Å². The normalized spacial score (nSPS) is 12.9. The molecule has 2 aromatic carbocycles. The monoisotopic (exact) mass is 410 g/mol. The maximum absolute atomic E-state index is 12.7. The number of nitrogens with one attached hydrogen (secondary N) is 1. The minimum absolute atomic E-state index is 0.136. The highest BCUT2D eigenvalue weighted by Crippen LogP contribution is 2.34. The first-order valence-corrected chi connectivity index (χ1v) is 9.52. The van der Waals surface area contributed by atoms with Crippen molar-refractivity contribution < 1.29 is 14.6 Å². The van der Waals surface area contributed by atoms with Crippen LogP contribution < -0.4 is 10.2 Å². The molecule has 0 fully saturated rings. The molecule has 0 aliphatic heterocycles. The van der Waals surface area contributed by atoms with Gasteiger partial charge < -0.3 is 9.84 Å².